The van der Waals surface area contributed by atoms with Crippen LogP contribution in [-0.4, -0.2) is 36.9 Å². The van der Waals surface area contributed by atoms with E-state index in [1.54, 1.807) is 38.4 Å². The predicted molar refractivity (Wildman–Crippen MR) is 80.6 cm³/mol. The summed E-state index contributed by atoms with van der Waals surface area (Å²) in [6.07, 6.45) is 2.63. The Hall–Kier alpha value is -1.88. The number of nitrogens with one attached hydrogen (secondary N) is 1. The second kappa shape index (κ2) is 7.65. The molecular formula is C15H23N3O2. The molecule has 5 heteroatoms. The number of unbranched alkanes of at least 4 members (excludes halogenated alkanes) is 1. The number of benzene rings is 1. The van der Waals surface area contributed by atoms with Gasteiger partial charge in [-0.3, -0.25) is 9.59 Å². The quantitative estimate of drug-likeness (QED) is 0.833. The zero-order chi connectivity index (χ0) is 15.1. The van der Waals surface area contributed by atoms with Gasteiger partial charge >= 0.3 is 0 Å². The molecule has 0 spiro atoms. The highest BCUT2D eigenvalue weighted by Gasteiger charge is 2.13. The zero-order valence-corrected chi connectivity index (χ0v) is 12.3. The van der Waals surface area contributed by atoms with Crippen molar-refractivity contribution in [2.24, 2.45) is 5.73 Å². The largest absolute Gasteiger partial charge is 0.345 e. The molecular weight excluding hydrogens is 254 g/mol. The van der Waals surface area contributed by atoms with E-state index in [2.05, 4.69) is 12.2 Å². The fraction of sp³-hybridized carbons (Fsp3) is 0.467. The standard InChI is InChI=1S/C15H23N3O2/c1-4-5-6-13(16)14(19)17-12-9-7-11(8-10-12)15(20)18(2)3/h7-10,13H,4-6,16H2,1-3H3,(H,17,19)/t13-/m0/s1. The summed E-state index contributed by atoms with van der Waals surface area (Å²) in [6, 6.07) is 6.31. The first kappa shape index (κ1) is 16.2. The minimum atomic E-state index is -0.488. The van der Waals surface area contributed by atoms with Crippen molar-refractivity contribution in [1.29, 1.82) is 0 Å². The van der Waals surface area contributed by atoms with Crippen molar-refractivity contribution in [3.63, 3.8) is 0 Å². The molecule has 0 fully saturated rings. The van der Waals surface area contributed by atoms with Gasteiger partial charge in [-0.15, -0.1) is 0 Å². The van der Waals surface area contributed by atoms with Crippen LogP contribution in [0.1, 0.15) is 36.5 Å². The number of anilines is 1. The number of rotatable bonds is 6. The van der Waals surface area contributed by atoms with Gasteiger partial charge in [0.15, 0.2) is 0 Å². The first-order valence-electron chi connectivity index (χ1n) is 6.84. The molecule has 2 amide bonds. The highest BCUT2D eigenvalue weighted by Crippen LogP contribution is 2.11. The first-order chi connectivity index (χ1) is 9.45. The third-order valence-electron chi connectivity index (χ3n) is 3.01. The molecule has 0 aliphatic heterocycles. The molecule has 1 rings (SSSR count). The summed E-state index contributed by atoms with van der Waals surface area (Å²) >= 11 is 0. The lowest BCUT2D eigenvalue weighted by molar-refractivity contribution is -0.117. The third kappa shape index (κ3) is 4.66. The van der Waals surface area contributed by atoms with Crippen LogP contribution in [0.15, 0.2) is 24.3 Å². The zero-order valence-electron chi connectivity index (χ0n) is 12.3. The van der Waals surface area contributed by atoms with Gasteiger partial charge in [-0.2, -0.15) is 0 Å². The third-order valence-corrected chi connectivity index (χ3v) is 3.01. The van der Waals surface area contributed by atoms with E-state index in [-0.39, 0.29) is 11.8 Å². The fourth-order valence-electron chi connectivity index (χ4n) is 1.74. The maximum atomic E-state index is 11.8. The maximum absolute atomic E-state index is 11.8. The lowest BCUT2D eigenvalue weighted by Gasteiger charge is -2.13. The molecule has 0 heterocycles. The summed E-state index contributed by atoms with van der Waals surface area (Å²) in [7, 11) is 3.40. The number of carbonyl (C=O) groups is 2. The van der Waals surface area contributed by atoms with Crippen LogP contribution in [0.2, 0.25) is 0 Å². The lowest BCUT2D eigenvalue weighted by Crippen LogP contribution is -2.35. The Bertz CT molecular complexity index is 455. The molecule has 0 aliphatic rings. The van der Waals surface area contributed by atoms with Gasteiger partial charge in [0.05, 0.1) is 6.04 Å². The van der Waals surface area contributed by atoms with Crippen molar-refractivity contribution in [2.45, 2.75) is 32.2 Å². The van der Waals surface area contributed by atoms with E-state index < -0.39 is 6.04 Å². The normalized spacial score (nSPS) is 11.8. The Balaban J connectivity index is 2.61. The molecule has 0 aliphatic carbocycles. The van der Waals surface area contributed by atoms with Crippen LogP contribution in [0.3, 0.4) is 0 Å². The molecule has 0 aromatic heterocycles. The average Bonchev–Trinajstić information content (AvgIpc) is 2.44. The topological polar surface area (TPSA) is 75.4 Å². The van der Waals surface area contributed by atoms with Gasteiger partial charge in [0.2, 0.25) is 5.91 Å². The van der Waals surface area contributed by atoms with Gasteiger partial charge in [0.1, 0.15) is 0 Å². The number of hydrogen-bond donors (Lipinski definition) is 2. The van der Waals surface area contributed by atoms with Gasteiger partial charge in [-0.25, -0.2) is 0 Å². The Morgan fingerprint density at radius 2 is 1.85 bits per heavy atom. The minimum Gasteiger partial charge on any atom is -0.345 e. The first-order valence-corrected chi connectivity index (χ1v) is 6.84. The molecule has 0 saturated heterocycles. The molecule has 0 bridgehead atoms. The number of nitrogens with zero attached hydrogens (tertiary/aromatic N) is 1. The molecule has 0 unspecified atom stereocenters. The number of amides is 2. The number of hydrogen-bond acceptors (Lipinski definition) is 3. The van der Waals surface area contributed by atoms with Crippen LogP contribution in [0.25, 0.3) is 0 Å². The summed E-state index contributed by atoms with van der Waals surface area (Å²) in [4.78, 5) is 25.1. The molecule has 0 radical (unpaired) electrons. The van der Waals surface area contributed by atoms with E-state index in [1.807, 2.05) is 0 Å². The van der Waals surface area contributed by atoms with Crippen molar-refractivity contribution in [1.82, 2.24) is 4.90 Å². The van der Waals surface area contributed by atoms with Crippen LogP contribution < -0.4 is 11.1 Å². The Kier molecular flexibility index (Phi) is 6.18. The summed E-state index contributed by atoms with van der Waals surface area (Å²) in [5.41, 5.74) is 7.03. The summed E-state index contributed by atoms with van der Waals surface area (Å²) in [6.45, 7) is 2.06. The monoisotopic (exact) mass is 277 g/mol. The van der Waals surface area contributed by atoms with E-state index in [1.165, 1.54) is 4.90 Å². The molecule has 20 heavy (non-hydrogen) atoms. The molecule has 5 nitrogen and oxygen atoms in total. The second-order valence-corrected chi connectivity index (χ2v) is 5.01. The van der Waals surface area contributed by atoms with Gasteiger partial charge in [0.25, 0.3) is 5.91 Å². The summed E-state index contributed by atoms with van der Waals surface area (Å²) in [5, 5.41) is 2.76. The second-order valence-electron chi connectivity index (χ2n) is 5.01. The molecule has 1 atom stereocenters. The Labute approximate surface area is 120 Å². The average molecular weight is 277 g/mol. The van der Waals surface area contributed by atoms with Crippen LogP contribution in [0.4, 0.5) is 5.69 Å². The number of carbonyl (C=O) groups excluding carboxylic acids is 2. The van der Waals surface area contributed by atoms with Crippen LogP contribution in [0.5, 0.6) is 0 Å². The highest BCUT2D eigenvalue weighted by atomic mass is 16.2. The van der Waals surface area contributed by atoms with Crippen LogP contribution >= 0.6 is 0 Å². The van der Waals surface area contributed by atoms with Crippen LogP contribution in [0, 0.1) is 0 Å². The summed E-state index contributed by atoms with van der Waals surface area (Å²) in [5.74, 6) is -0.257. The van der Waals surface area contributed by atoms with E-state index >= 15 is 0 Å². The molecule has 0 saturated carbocycles. The smallest absolute Gasteiger partial charge is 0.253 e. The van der Waals surface area contributed by atoms with Gasteiger partial charge in [0, 0.05) is 25.3 Å². The van der Waals surface area contributed by atoms with E-state index in [0.29, 0.717) is 17.7 Å². The van der Waals surface area contributed by atoms with Gasteiger partial charge < -0.3 is 16.0 Å². The van der Waals surface area contributed by atoms with Crippen molar-refractivity contribution in [2.75, 3.05) is 19.4 Å². The maximum Gasteiger partial charge on any atom is 0.253 e. The van der Waals surface area contributed by atoms with Crippen LogP contribution in [-0.2, 0) is 4.79 Å². The molecule has 3 N–H and O–H groups in total. The van der Waals surface area contributed by atoms with Crippen molar-refractivity contribution < 1.29 is 9.59 Å². The Morgan fingerprint density at radius 3 is 2.35 bits per heavy atom. The van der Waals surface area contributed by atoms with E-state index in [9.17, 15) is 9.59 Å². The SMILES string of the molecule is CCCC[C@H](N)C(=O)Nc1ccc(C(=O)N(C)C)cc1. The Morgan fingerprint density at radius 1 is 1.25 bits per heavy atom. The molecule has 1 aromatic rings. The van der Waals surface area contributed by atoms with Crippen molar-refractivity contribution >= 4 is 17.5 Å². The predicted octanol–water partition coefficient (Wildman–Crippen LogP) is 1.84. The van der Waals surface area contributed by atoms with Crippen molar-refractivity contribution in [3.05, 3.63) is 29.8 Å². The number of nitrogens with two attached hydrogens (primary N) is 1. The van der Waals surface area contributed by atoms with E-state index in [4.69, 9.17) is 5.73 Å². The minimum absolute atomic E-state index is 0.0671. The van der Waals surface area contributed by atoms with Gasteiger partial charge in [-0.05, 0) is 30.7 Å². The van der Waals surface area contributed by atoms with E-state index in [0.717, 1.165) is 12.8 Å². The molecule has 110 valence electrons. The van der Waals surface area contributed by atoms with Crippen molar-refractivity contribution in [3.8, 4) is 0 Å². The highest BCUT2D eigenvalue weighted by molar-refractivity contribution is 5.96. The molecule has 1 aromatic carbocycles. The fourth-order valence-corrected chi connectivity index (χ4v) is 1.74. The summed E-state index contributed by atoms with van der Waals surface area (Å²) < 4.78 is 0. The van der Waals surface area contributed by atoms with Gasteiger partial charge in [-0.1, -0.05) is 19.8 Å². The lowest BCUT2D eigenvalue weighted by atomic mass is 10.1.